The summed E-state index contributed by atoms with van der Waals surface area (Å²) in [4.78, 5) is 0. The Kier molecular flexibility index (Phi) is 3.57. The first-order chi connectivity index (χ1) is 9.76. The standard InChI is InChI=1S/C16H21NO3/c1-4-12-15(9-17-10-5-6-10)20-14-8-11(18-2)7-13(19-3)16(12)14/h7-8,10,17H,4-6,9H2,1-3H3. The molecule has 20 heavy (non-hydrogen) atoms. The van der Waals surface area contributed by atoms with Crippen molar-refractivity contribution in [3.8, 4) is 11.5 Å². The van der Waals surface area contributed by atoms with Crippen LogP contribution in [0.4, 0.5) is 0 Å². The lowest BCUT2D eigenvalue weighted by molar-refractivity contribution is 0.396. The number of methoxy groups -OCH3 is 2. The van der Waals surface area contributed by atoms with Crippen LogP contribution in [-0.2, 0) is 13.0 Å². The maximum absolute atomic E-state index is 6.03. The van der Waals surface area contributed by atoms with Crippen molar-refractivity contribution in [3.63, 3.8) is 0 Å². The van der Waals surface area contributed by atoms with Crippen LogP contribution in [-0.4, -0.2) is 20.3 Å². The van der Waals surface area contributed by atoms with Crippen LogP contribution in [0.2, 0.25) is 0 Å². The summed E-state index contributed by atoms with van der Waals surface area (Å²) in [5.41, 5.74) is 2.07. The second-order valence-corrected chi connectivity index (χ2v) is 5.22. The van der Waals surface area contributed by atoms with Gasteiger partial charge >= 0.3 is 0 Å². The van der Waals surface area contributed by atoms with E-state index in [-0.39, 0.29) is 0 Å². The average Bonchev–Trinajstić information content (AvgIpc) is 3.23. The molecule has 1 aliphatic carbocycles. The van der Waals surface area contributed by atoms with Crippen molar-refractivity contribution in [1.29, 1.82) is 0 Å². The molecule has 108 valence electrons. The summed E-state index contributed by atoms with van der Waals surface area (Å²) in [7, 11) is 3.34. The van der Waals surface area contributed by atoms with Crippen LogP contribution in [0, 0.1) is 0 Å². The van der Waals surface area contributed by atoms with E-state index in [1.54, 1.807) is 14.2 Å². The molecule has 1 aliphatic rings. The molecule has 0 bridgehead atoms. The fourth-order valence-electron chi connectivity index (χ4n) is 2.60. The summed E-state index contributed by atoms with van der Waals surface area (Å²) < 4.78 is 16.8. The Morgan fingerprint density at radius 3 is 2.65 bits per heavy atom. The van der Waals surface area contributed by atoms with Gasteiger partial charge in [0, 0.05) is 23.7 Å². The summed E-state index contributed by atoms with van der Waals surface area (Å²) in [5, 5.41) is 4.58. The Labute approximate surface area is 119 Å². The number of benzene rings is 1. The van der Waals surface area contributed by atoms with Gasteiger partial charge in [0.05, 0.1) is 26.2 Å². The molecule has 3 rings (SSSR count). The Bertz CT molecular complexity index is 614. The number of furan rings is 1. The number of fused-ring (bicyclic) bond motifs is 1. The molecular formula is C16H21NO3. The summed E-state index contributed by atoms with van der Waals surface area (Å²) in [6.07, 6.45) is 3.48. The van der Waals surface area contributed by atoms with Gasteiger partial charge in [0.2, 0.25) is 0 Å². The minimum Gasteiger partial charge on any atom is -0.496 e. The fraction of sp³-hybridized carbons (Fsp3) is 0.500. The van der Waals surface area contributed by atoms with E-state index >= 15 is 0 Å². The Hall–Kier alpha value is -1.68. The molecule has 1 aromatic carbocycles. The zero-order valence-corrected chi connectivity index (χ0v) is 12.3. The zero-order valence-electron chi connectivity index (χ0n) is 12.3. The molecule has 0 spiro atoms. The van der Waals surface area contributed by atoms with Gasteiger partial charge < -0.3 is 19.2 Å². The smallest absolute Gasteiger partial charge is 0.142 e. The van der Waals surface area contributed by atoms with Crippen molar-refractivity contribution in [1.82, 2.24) is 5.32 Å². The van der Waals surface area contributed by atoms with E-state index in [1.807, 2.05) is 12.1 Å². The minimum absolute atomic E-state index is 0.671. The van der Waals surface area contributed by atoms with Gasteiger partial charge in [0.25, 0.3) is 0 Å². The van der Waals surface area contributed by atoms with Crippen molar-refractivity contribution < 1.29 is 13.9 Å². The molecule has 2 aromatic rings. The van der Waals surface area contributed by atoms with Gasteiger partial charge in [-0.15, -0.1) is 0 Å². The highest BCUT2D eigenvalue weighted by atomic mass is 16.5. The van der Waals surface area contributed by atoms with Crippen LogP contribution in [0.3, 0.4) is 0 Å². The lowest BCUT2D eigenvalue weighted by Gasteiger charge is -2.06. The van der Waals surface area contributed by atoms with E-state index in [4.69, 9.17) is 13.9 Å². The van der Waals surface area contributed by atoms with E-state index in [9.17, 15) is 0 Å². The van der Waals surface area contributed by atoms with E-state index < -0.39 is 0 Å². The topological polar surface area (TPSA) is 43.6 Å². The molecule has 1 heterocycles. The van der Waals surface area contributed by atoms with Crippen molar-refractivity contribution in [2.45, 2.75) is 38.8 Å². The van der Waals surface area contributed by atoms with Gasteiger partial charge in [-0.25, -0.2) is 0 Å². The van der Waals surface area contributed by atoms with E-state index in [0.29, 0.717) is 6.04 Å². The van der Waals surface area contributed by atoms with Gasteiger partial charge in [0.1, 0.15) is 22.8 Å². The molecule has 0 atom stereocenters. The van der Waals surface area contributed by atoms with Crippen LogP contribution < -0.4 is 14.8 Å². The van der Waals surface area contributed by atoms with E-state index in [2.05, 4.69) is 12.2 Å². The third-order valence-electron chi connectivity index (χ3n) is 3.85. The molecular weight excluding hydrogens is 254 g/mol. The molecule has 0 radical (unpaired) electrons. The minimum atomic E-state index is 0.671. The molecule has 1 saturated carbocycles. The maximum atomic E-state index is 6.03. The van der Waals surface area contributed by atoms with Crippen LogP contribution in [0.5, 0.6) is 11.5 Å². The first-order valence-corrected chi connectivity index (χ1v) is 7.16. The van der Waals surface area contributed by atoms with E-state index in [0.717, 1.165) is 41.2 Å². The van der Waals surface area contributed by atoms with Crippen molar-refractivity contribution >= 4 is 11.0 Å². The van der Waals surface area contributed by atoms with Crippen LogP contribution in [0.25, 0.3) is 11.0 Å². The highest BCUT2D eigenvalue weighted by Gasteiger charge is 2.23. The number of aryl methyl sites for hydroxylation is 1. The average molecular weight is 275 g/mol. The highest BCUT2D eigenvalue weighted by Crippen LogP contribution is 2.37. The summed E-state index contributed by atoms with van der Waals surface area (Å²) in [5.74, 6) is 2.59. The third-order valence-corrected chi connectivity index (χ3v) is 3.85. The molecule has 0 aliphatic heterocycles. The van der Waals surface area contributed by atoms with Gasteiger partial charge in [-0.2, -0.15) is 0 Å². The molecule has 1 N–H and O–H groups in total. The number of nitrogens with one attached hydrogen (secondary N) is 1. The fourth-order valence-corrected chi connectivity index (χ4v) is 2.60. The lowest BCUT2D eigenvalue weighted by atomic mass is 10.1. The number of rotatable bonds is 6. The largest absolute Gasteiger partial charge is 0.496 e. The zero-order chi connectivity index (χ0) is 14.1. The summed E-state index contributed by atoms with van der Waals surface area (Å²) in [6.45, 7) is 2.93. The van der Waals surface area contributed by atoms with Crippen LogP contribution in [0.15, 0.2) is 16.5 Å². The second-order valence-electron chi connectivity index (χ2n) is 5.22. The number of hydrogen-bond donors (Lipinski definition) is 1. The molecule has 1 fully saturated rings. The molecule has 1 aromatic heterocycles. The van der Waals surface area contributed by atoms with E-state index in [1.165, 1.54) is 18.4 Å². The first-order valence-electron chi connectivity index (χ1n) is 7.16. The number of ether oxygens (including phenoxy) is 2. The molecule has 0 amide bonds. The van der Waals surface area contributed by atoms with Crippen LogP contribution >= 0.6 is 0 Å². The first kappa shape index (κ1) is 13.3. The third kappa shape index (κ3) is 2.36. The Morgan fingerprint density at radius 1 is 1.25 bits per heavy atom. The normalized spacial score (nSPS) is 14.8. The number of hydrogen-bond acceptors (Lipinski definition) is 4. The summed E-state index contributed by atoms with van der Waals surface area (Å²) >= 11 is 0. The monoisotopic (exact) mass is 275 g/mol. The van der Waals surface area contributed by atoms with Gasteiger partial charge in [-0.05, 0) is 19.3 Å². The molecule has 0 unspecified atom stereocenters. The predicted octanol–water partition coefficient (Wildman–Crippen LogP) is 3.26. The Balaban J connectivity index is 2.05. The maximum Gasteiger partial charge on any atom is 0.142 e. The Morgan fingerprint density at radius 2 is 2.05 bits per heavy atom. The van der Waals surface area contributed by atoms with Crippen molar-refractivity contribution in [2.75, 3.05) is 14.2 Å². The molecule has 4 heteroatoms. The second kappa shape index (κ2) is 5.37. The van der Waals surface area contributed by atoms with Crippen molar-refractivity contribution in [3.05, 3.63) is 23.5 Å². The van der Waals surface area contributed by atoms with Gasteiger partial charge in [-0.3, -0.25) is 0 Å². The predicted molar refractivity (Wildman–Crippen MR) is 78.6 cm³/mol. The van der Waals surface area contributed by atoms with Crippen LogP contribution in [0.1, 0.15) is 31.1 Å². The van der Waals surface area contributed by atoms with Crippen molar-refractivity contribution in [2.24, 2.45) is 0 Å². The lowest BCUT2D eigenvalue weighted by Crippen LogP contribution is -2.15. The highest BCUT2D eigenvalue weighted by molar-refractivity contribution is 5.90. The van der Waals surface area contributed by atoms with Gasteiger partial charge in [0.15, 0.2) is 0 Å². The molecule has 0 saturated heterocycles. The summed E-state index contributed by atoms with van der Waals surface area (Å²) in [6, 6.07) is 4.51. The SMILES string of the molecule is CCc1c(CNC2CC2)oc2cc(OC)cc(OC)c12. The molecule has 4 nitrogen and oxygen atoms in total. The van der Waals surface area contributed by atoms with Gasteiger partial charge in [-0.1, -0.05) is 6.92 Å². The quantitative estimate of drug-likeness (QED) is 0.878.